The van der Waals surface area contributed by atoms with Crippen LogP contribution in [0.4, 0.5) is 5.69 Å². The highest BCUT2D eigenvalue weighted by Gasteiger charge is 2.41. The lowest BCUT2D eigenvalue weighted by Crippen LogP contribution is -2.44. The van der Waals surface area contributed by atoms with E-state index in [1.54, 1.807) is 28.0 Å². The lowest BCUT2D eigenvalue weighted by atomic mass is 10.1. The van der Waals surface area contributed by atoms with Crippen molar-refractivity contribution >= 4 is 29.1 Å². The normalized spacial score (nSPS) is 20.0. The quantitative estimate of drug-likeness (QED) is 0.839. The number of fused-ring (bicyclic) bond motifs is 2. The van der Waals surface area contributed by atoms with E-state index in [9.17, 15) is 9.59 Å². The largest absolute Gasteiger partial charge is 0.327 e. The first-order valence-electron chi connectivity index (χ1n) is 8.11. The SMILES string of the molecule is O=C1[C@@H]2CCCN2C(=O)c2cc(Cl)ccc2N1Cc1ccccc1. The zero-order chi connectivity index (χ0) is 16.7. The van der Waals surface area contributed by atoms with E-state index in [1.165, 1.54) is 0 Å². The molecule has 24 heavy (non-hydrogen) atoms. The first-order valence-corrected chi connectivity index (χ1v) is 8.49. The molecule has 0 aliphatic carbocycles. The predicted molar refractivity (Wildman–Crippen MR) is 93.1 cm³/mol. The number of hydrogen-bond acceptors (Lipinski definition) is 2. The summed E-state index contributed by atoms with van der Waals surface area (Å²) in [5.41, 5.74) is 2.19. The van der Waals surface area contributed by atoms with Gasteiger partial charge in [0.1, 0.15) is 6.04 Å². The van der Waals surface area contributed by atoms with Crippen molar-refractivity contribution in [2.45, 2.75) is 25.4 Å². The number of benzene rings is 2. The van der Waals surface area contributed by atoms with Gasteiger partial charge < -0.3 is 9.80 Å². The van der Waals surface area contributed by atoms with Crippen LogP contribution in [0.15, 0.2) is 48.5 Å². The fourth-order valence-electron chi connectivity index (χ4n) is 3.56. The van der Waals surface area contributed by atoms with Gasteiger partial charge in [-0.15, -0.1) is 0 Å². The van der Waals surface area contributed by atoms with E-state index in [0.29, 0.717) is 29.4 Å². The van der Waals surface area contributed by atoms with Gasteiger partial charge in [-0.1, -0.05) is 41.9 Å². The Morgan fingerprint density at radius 3 is 2.67 bits per heavy atom. The average Bonchev–Trinajstić information content (AvgIpc) is 3.07. The van der Waals surface area contributed by atoms with Gasteiger partial charge in [-0.3, -0.25) is 9.59 Å². The molecule has 4 nitrogen and oxygen atoms in total. The van der Waals surface area contributed by atoms with E-state index >= 15 is 0 Å². The molecule has 0 N–H and O–H groups in total. The summed E-state index contributed by atoms with van der Waals surface area (Å²) in [6.07, 6.45) is 1.58. The molecule has 1 saturated heterocycles. The second kappa shape index (κ2) is 5.95. The Kier molecular flexibility index (Phi) is 3.77. The topological polar surface area (TPSA) is 40.6 Å². The number of hydrogen-bond donors (Lipinski definition) is 0. The van der Waals surface area contributed by atoms with Crippen molar-refractivity contribution in [3.63, 3.8) is 0 Å². The lowest BCUT2D eigenvalue weighted by Gasteiger charge is -2.26. The molecule has 2 aromatic rings. The summed E-state index contributed by atoms with van der Waals surface area (Å²) in [6.45, 7) is 1.08. The Morgan fingerprint density at radius 2 is 1.88 bits per heavy atom. The summed E-state index contributed by atoms with van der Waals surface area (Å²) in [7, 11) is 0. The molecule has 1 fully saturated rings. The zero-order valence-electron chi connectivity index (χ0n) is 13.1. The monoisotopic (exact) mass is 340 g/mol. The molecule has 2 amide bonds. The molecule has 0 aromatic heterocycles. The maximum Gasteiger partial charge on any atom is 0.256 e. The van der Waals surface area contributed by atoms with E-state index in [-0.39, 0.29) is 17.9 Å². The molecule has 2 aliphatic rings. The molecule has 2 aromatic carbocycles. The Labute approximate surface area is 145 Å². The smallest absolute Gasteiger partial charge is 0.256 e. The van der Waals surface area contributed by atoms with Gasteiger partial charge in [-0.25, -0.2) is 0 Å². The third-order valence-corrected chi connectivity index (χ3v) is 4.96. The van der Waals surface area contributed by atoms with Gasteiger partial charge in [0.15, 0.2) is 0 Å². The van der Waals surface area contributed by atoms with Crippen LogP contribution < -0.4 is 4.90 Å². The summed E-state index contributed by atoms with van der Waals surface area (Å²) >= 11 is 6.11. The zero-order valence-corrected chi connectivity index (χ0v) is 13.9. The molecule has 0 unspecified atom stereocenters. The third kappa shape index (κ3) is 2.47. The van der Waals surface area contributed by atoms with Gasteiger partial charge in [-0.2, -0.15) is 0 Å². The minimum atomic E-state index is -0.368. The molecule has 1 atom stereocenters. The number of anilines is 1. The number of nitrogens with zero attached hydrogens (tertiary/aromatic N) is 2. The van der Waals surface area contributed by atoms with Crippen LogP contribution in [0.2, 0.25) is 5.02 Å². The molecule has 0 radical (unpaired) electrons. The molecule has 122 valence electrons. The molecular formula is C19H17ClN2O2. The fraction of sp³-hybridized carbons (Fsp3) is 0.263. The minimum absolute atomic E-state index is 0.00854. The summed E-state index contributed by atoms with van der Waals surface area (Å²) < 4.78 is 0. The Morgan fingerprint density at radius 1 is 1.08 bits per heavy atom. The summed E-state index contributed by atoms with van der Waals surface area (Å²) in [4.78, 5) is 29.5. The predicted octanol–water partition coefficient (Wildman–Crippen LogP) is 3.49. The van der Waals surface area contributed by atoms with Crippen LogP contribution in [-0.2, 0) is 11.3 Å². The first kappa shape index (κ1) is 15.2. The first-order chi connectivity index (χ1) is 11.6. The van der Waals surface area contributed by atoms with Crippen molar-refractivity contribution in [3.8, 4) is 0 Å². The summed E-state index contributed by atoms with van der Waals surface area (Å²) in [5.74, 6) is -0.107. The molecular weight excluding hydrogens is 324 g/mol. The van der Waals surface area contributed by atoms with Gasteiger partial charge in [-0.05, 0) is 36.6 Å². The van der Waals surface area contributed by atoms with Crippen molar-refractivity contribution in [3.05, 3.63) is 64.7 Å². The average molecular weight is 341 g/mol. The van der Waals surface area contributed by atoms with E-state index in [4.69, 9.17) is 11.6 Å². The fourth-order valence-corrected chi connectivity index (χ4v) is 3.74. The van der Waals surface area contributed by atoms with Crippen LogP contribution in [0.1, 0.15) is 28.8 Å². The lowest BCUT2D eigenvalue weighted by molar-refractivity contribution is -0.122. The number of carbonyl (C=O) groups excluding carboxylic acids is 2. The Hall–Kier alpha value is -2.33. The molecule has 2 aliphatic heterocycles. The van der Waals surface area contributed by atoms with Crippen molar-refractivity contribution in [1.82, 2.24) is 4.90 Å². The van der Waals surface area contributed by atoms with Gasteiger partial charge in [0.2, 0.25) is 5.91 Å². The number of halogens is 1. The van der Waals surface area contributed by atoms with Crippen molar-refractivity contribution in [2.75, 3.05) is 11.4 Å². The summed E-state index contributed by atoms with van der Waals surface area (Å²) in [6, 6.07) is 14.6. The molecule has 0 saturated carbocycles. The van der Waals surface area contributed by atoms with Crippen molar-refractivity contribution < 1.29 is 9.59 Å². The highest BCUT2D eigenvalue weighted by atomic mass is 35.5. The minimum Gasteiger partial charge on any atom is -0.327 e. The van der Waals surface area contributed by atoms with Gasteiger partial charge in [0.05, 0.1) is 17.8 Å². The highest BCUT2D eigenvalue weighted by molar-refractivity contribution is 6.31. The number of amides is 2. The third-order valence-electron chi connectivity index (χ3n) is 4.73. The van der Waals surface area contributed by atoms with Crippen LogP contribution in [0, 0.1) is 0 Å². The number of carbonyl (C=O) groups is 2. The van der Waals surface area contributed by atoms with Crippen LogP contribution in [0.5, 0.6) is 0 Å². The van der Waals surface area contributed by atoms with Gasteiger partial charge in [0, 0.05) is 11.6 Å². The standard InChI is InChI=1S/C19H17ClN2O2/c20-14-8-9-16-15(11-14)18(23)21-10-4-7-17(21)19(24)22(16)12-13-5-2-1-3-6-13/h1-3,5-6,8-9,11,17H,4,7,10,12H2/t17-/m0/s1. The summed E-state index contributed by atoms with van der Waals surface area (Å²) in [5, 5.41) is 0.506. The van der Waals surface area contributed by atoms with Crippen LogP contribution in [0.25, 0.3) is 0 Å². The van der Waals surface area contributed by atoms with E-state index < -0.39 is 0 Å². The second-order valence-electron chi connectivity index (χ2n) is 6.23. The molecule has 0 bridgehead atoms. The Bertz CT molecular complexity index is 806. The van der Waals surface area contributed by atoms with E-state index in [2.05, 4.69) is 0 Å². The maximum atomic E-state index is 13.1. The second-order valence-corrected chi connectivity index (χ2v) is 6.66. The van der Waals surface area contributed by atoms with Crippen LogP contribution >= 0.6 is 11.6 Å². The Balaban J connectivity index is 1.83. The molecule has 2 heterocycles. The highest BCUT2D eigenvalue weighted by Crippen LogP contribution is 2.34. The van der Waals surface area contributed by atoms with E-state index in [0.717, 1.165) is 18.4 Å². The molecule has 5 heteroatoms. The maximum absolute atomic E-state index is 13.1. The van der Waals surface area contributed by atoms with Gasteiger partial charge in [0.25, 0.3) is 5.91 Å². The van der Waals surface area contributed by atoms with Crippen molar-refractivity contribution in [2.24, 2.45) is 0 Å². The van der Waals surface area contributed by atoms with Crippen LogP contribution in [0.3, 0.4) is 0 Å². The van der Waals surface area contributed by atoms with Gasteiger partial charge >= 0.3 is 0 Å². The molecule has 0 spiro atoms. The molecule has 4 rings (SSSR count). The van der Waals surface area contributed by atoms with Crippen LogP contribution in [-0.4, -0.2) is 29.3 Å². The van der Waals surface area contributed by atoms with Crippen molar-refractivity contribution in [1.29, 1.82) is 0 Å². The number of rotatable bonds is 2. The van der Waals surface area contributed by atoms with E-state index in [1.807, 2.05) is 30.3 Å².